The molecule has 0 fully saturated rings. The van der Waals surface area contributed by atoms with E-state index in [1.807, 2.05) is 0 Å². The first kappa shape index (κ1) is 16.9. The van der Waals surface area contributed by atoms with E-state index in [1.165, 1.54) is 24.4 Å². The maximum absolute atomic E-state index is 13.4. The molecule has 5 nitrogen and oxygen atoms in total. The van der Waals surface area contributed by atoms with Gasteiger partial charge in [0.25, 0.3) is 11.8 Å². The molecule has 7 heteroatoms. The fraction of sp³-hybridized carbons (Fsp3) is 0.188. The minimum absolute atomic E-state index is 0.221. The number of pyridine rings is 1. The van der Waals surface area contributed by atoms with Crippen molar-refractivity contribution in [2.24, 2.45) is 0 Å². The molecule has 120 valence electrons. The highest BCUT2D eigenvalue weighted by Crippen LogP contribution is 2.09. The van der Waals surface area contributed by atoms with Gasteiger partial charge in [-0.15, -0.1) is 0 Å². The van der Waals surface area contributed by atoms with Crippen molar-refractivity contribution < 1.29 is 14.0 Å². The molecular formula is C16H15ClFN3O2. The molecule has 2 rings (SSSR count). The maximum Gasteiger partial charge on any atom is 0.251 e. The van der Waals surface area contributed by atoms with Crippen LogP contribution in [0.1, 0.15) is 26.3 Å². The third-order valence-electron chi connectivity index (χ3n) is 3.12. The summed E-state index contributed by atoms with van der Waals surface area (Å²) in [5.74, 6) is -1.14. The molecule has 0 aliphatic heterocycles. The van der Waals surface area contributed by atoms with Gasteiger partial charge in [-0.2, -0.15) is 0 Å². The molecule has 0 aliphatic carbocycles. The summed E-state index contributed by atoms with van der Waals surface area (Å²) < 4.78 is 13.4. The summed E-state index contributed by atoms with van der Waals surface area (Å²) in [7, 11) is 0. The van der Waals surface area contributed by atoms with Crippen LogP contribution in [-0.4, -0.2) is 29.9 Å². The average Bonchev–Trinajstić information content (AvgIpc) is 2.53. The Bertz CT molecular complexity index is 737. The van der Waals surface area contributed by atoms with Crippen LogP contribution in [0.3, 0.4) is 0 Å². The van der Waals surface area contributed by atoms with Crippen molar-refractivity contribution in [2.75, 3.05) is 13.1 Å². The lowest BCUT2D eigenvalue weighted by molar-refractivity contribution is 0.0927. The third-order valence-corrected chi connectivity index (χ3v) is 3.33. The average molecular weight is 336 g/mol. The number of amides is 2. The zero-order chi connectivity index (χ0) is 16.8. The van der Waals surface area contributed by atoms with Gasteiger partial charge in [0.1, 0.15) is 11.0 Å². The molecule has 2 amide bonds. The Morgan fingerprint density at radius 1 is 1.09 bits per heavy atom. The maximum atomic E-state index is 13.4. The highest BCUT2D eigenvalue weighted by molar-refractivity contribution is 6.29. The van der Waals surface area contributed by atoms with Gasteiger partial charge in [0.15, 0.2) is 0 Å². The predicted octanol–water partition coefficient (Wildman–Crippen LogP) is 2.34. The van der Waals surface area contributed by atoms with Crippen molar-refractivity contribution in [3.05, 3.63) is 64.2 Å². The van der Waals surface area contributed by atoms with Gasteiger partial charge in [0, 0.05) is 30.4 Å². The van der Waals surface area contributed by atoms with E-state index in [-0.39, 0.29) is 29.7 Å². The Morgan fingerprint density at radius 2 is 1.70 bits per heavy atom. The van der Waals surface area contributed by atoms with Crippen molar-refractivity contribution in [2.45, 2.75) is 6.92 Å². The van der Waals surface area contributed by atoms with Gasteiger partial charge in [0.05, 0.1) is 0 Å². The molecule has 1 heterocycles. The van der Waals surface area contributed by atoms with E-state index in [0.717, 1.165) is 0 Å². The van der Waals surface area contributed by atoms with Crippen LogP contribution < -0.4 is 10.6 Å². The van der Waals surface area contributed by atoms with E-state index in [1.54, 1.807) is 19.1 Å². The number of nitrogens with zero attached hydrogens (tertiary/aromatic N) is 1. The third kappa shape index (κ3) is 4.75. The molecule has 1 aromatic carbocycles. The van der Waals surface area contributed by atoms with Crippen LogP contribution in [0.15, 0.2) is 36.5 Å². The van der Waals surface area contributed by atoms with Gasteiger partial charge in [0.2, 0.25) is 0 Å². The molecule has 0 spiro atoms. The van der Waals surface area contributed by atoms with Gasteiger partial charge in [-0.1, -0.05) is 17.7 Å². The number of aromatic nitrogens is 1. The molecule has 2 N–H and O–H groups in total. The van der Waals surface area contributed by atoms with Crippen LogP contribution in [-0.2, 0) is 0 Å². The summed E-state index contributed by atoms with van der Waals surface area (Å²) in [5.41, 5.74) is 1.10. The van der Waals surface area contributed by atoms with Crippen LogP contribution in [0.4, 0.5) is 4.39 Å². The standard InChI is InChI=1S/C16H15ClFN3O2/c1-10-2-3-11(8-13(10)18)15(22)20-6-7-21-16(23)12-4-5-19-14(17)9-12/h2-5,8-9H,6-7H2,1H3,(H,20,22)(H,21,23). The second-order valence-electron chi connectivity index (χ2n) is 4.84. The molecule has 0 aliphatic rings. The Hall–Kier alpha value is -2.47. The van der Waals surface area contributed by atoms with Crippen LogP contribution in [0.5, 0.6) is 0 Å². The Kier molecular flexibility index (Phi) is 5.65. The van der Waals surface area contributed by atoms with Crippen LogP contribution >= 0.6 is 11.6 Å². The fourth-order valence-electron chi connectivity index (χ4n) is 1.83. The van der Waals surface area contributed by atoms with Crippen molar-refractivity contribution in [1.82, 2.24) is 15.6 Å². The lowest BCUT2D eigenvalue weighted by atomic mass is 10.1. The number of carbonyl (C=O) groups excluding carboxylic acids is 2. The number of halogens is 2. The number of aryl methyl sites for hydroxylation is 1. The molecule has 2 aromatic rings. The SMILES string of the molecule is Cc1ccc(C(=O)NCCNC(=O)c2ccnc(Cl)c2)cc1F. The Balaban J connectivity index is 1.79. The first-order valence-electron chi connectivity index (χ1n) is 6.91. The van der Waals surface area contributed by atoms with Gasteiger partial charge in [-0.3, -0.25) is 9.59 Å². The molecule has 1 aromatic heterocycles. The van der Waals surface area contributed by atoms with Crippen molar-refractivity contribution in [1.29, 1.82) is 0 Å². The number of nitrogens with one attached hydrogen (secondary N) is 2. The number of hydrogen-bond donors (Lipinski definition) is 2. The van der Waals surface area contributed by atoms with Gasteiger partial charge in [-0.05, 0) is 36.8 Å². The summed E-state index contributed by atoms with van der Waals surface area (Å²) in [6.45, 7) is 2.08. The quantitative estimate of drug-likeness (QED) is 0.651. The molecule has 0 unspecified atom stereocenters. The van der Waals surface area contributed by atoms with Crippen LogP contribution in [0.25, 0.3) is 0 Å². The normalized spacial score (nSPS) is 10.2. The summed E-state index contributed by atoms with van der Waals surface area (Å²) in [6, 6.07) is 7.26. The van der Waals surface area contributed by atoms with Crippen LogP contribution in [0, 0.1) is 12.7 Å². The van der Waals surface area contributed by atoms with Gasteiger partial charge < -0.3 is 10.6 Å². The molecule has 0 bridgehead atoms. The topological polar surface area (TPSA) is 71.1 Å². The zero-order valence-corrected chi connectivity index (χ0v) is 13.2. The highest BCUT2D eigenvalue weighted by Gasteiger charge is 2.09. The molecule has 0 saturated heterocycles. The summed E-state index contributed by atoms with van der Waals surface area (Å²) in [4.78, 5) is 27.5. The summed E-state index contributed by atoms with van der Waals surface area (Å²) in [5, 5.41) is 5.47. The minimum atomic E-state index is -0.430. The minimum Gasteiger partial charge on any atom is -0.350 e. The number of benzene rings is 1. The molecular weight excluding hydrogens is 321 g/mol. The Morgan fingerprint density at radius 3 is 2.26 bits per heavy atom. The lowest BCUT2D eigenvalue weighted by Crippen LogP contribution is -2.34. The summed E-state index contributed by atoms with van der Waals surface area (Å²) in [6.07, 6.45) is 1.44. The van der Waals surface area contributed by atoms with E-state index < -0.39 is 11.7 Å². The highest BCUT2D eigenvalue weighted by atomic mass is 35.5. The Labute approximate surface area is 137 Å². The number of rotatable bonds is 5. The number of hydrogen-bond acceptors (Lipinski definition) is 3. The fourth-order valence-corrected chi connectivity index (χ4v) is 2.01. The van der Waals surface area contributed by atoms with Gasteiger partial charge >= 0.3 is 0 Å². The largest absolute Gasteiger partial charge is 0.350 e. The van der Waals surface area contributed by atoms with Crippen molar-refractivity contribution in [3.8, 4) is 0 Å². The van der Waals surface area contributed by atoms with Crippen LogP contribution in [0.2, 0.25) is 5.15 Å². The van der Waals surface area contributed by atoms with E-state index in [2.05, 4.69) is 15.6 Å². The second kappa shape index (κ2) is 7.69. The smallest absolute Gasteiger partial charge is 0.251 e. The van der Waals surface area contributed by atoms with Crippen molar-refractivity contribution >= 4 is 23.4 Å². The predicted molar refractivity (Wildman–Crippen MR) is 85.1 cm³/mol. The second-order valence-corrected chi connectivity index (χ2v) is 5.23. The number of carbonyl (C=O) groups is 2. The lowest BCUT2D eigenvalue weighted by Gasteiger charge is -2.08. The zero-order valence-electron chi connectivity index (χ0n) is 12.4. The molecule has 0 saturated carbocycles. The molecule has 23 heavy (non-hydrogen) atoms. The van der Waals surface area contributed by atoms with Crippen molar-refractivity contribution in [3.63, 3.8) is 0 Å². The van der Waals surface area contributed by atoms with E-state index >= 15 is 0 Å². The van der Waals surface area contributed by atoms with E-state index in [9.17, 15) is 14.0 Å². The summed E-state index contributed by atoms with van der Waals surface area (Å²) >= 11 is 5.70. The van der Waals surface area contributed by atoms with Gasteiger partial charge in [-0.25, -0.2) is 9.37 Å². The molecule has 0 radical (unpaired) electrons. The first-order chi connectivity index (χ1) is 11.0. The first-order valence-corrected chi connectivity index (χ1v) is 7.29. The molecule has 0 atom stereocenters. The van der Waals surface area contributed by atoms with E-state index in [4.69, 9.17) is 11.6 Å². The van der Waals surface area contributed by atoms with E-state index in [0.29, 0.717) is 11.1 Å². The monoisotopic (exact) mass is 335 g/mol.